The maximum Gasteiger partial charge on any atom is -0.00713 e. The number of benzene rings is 1. The fourth-order valence-electron chi connectivity index (χ4n) is 2.28. The monoisotopic (exact) mass is 219 g/mol. The predicted octanol–water partition coefficient (Wildman–Crippen LogP) is 3.73. The minimum atomic E-state index is 0.612. The van der Waals surface area contributed by atoms with E-state index in [0.717, 1.165) is 13.0 Å². The van der Waals surface area contributed by atoms with E-state index in [1.54, 1.807) is 0 Å². The first-order valence-corrected chi connectivity index (χ1v) is 6.48. The molecule has 0 spiro atoms. The van der Waals surface area contributed by atoms with Gasteiger partial charge in [-0.1, -0.05) is 51.5 Å². The average Bonchev–Trinajstić information content (AvgIpc) is 2.27. The zero-order valence-electron chi connectivity index (χ0n) is 10.9. The highest BCUT2D eigenvalue weighted by molar-refractivity contribution is 5.26. The van der Waals surface area contributed by atoms with E-state index in [1.807, 2.05) is 0 Å². The Kier molecular flexibility index (Phi) is 5.54. The minimum absolute atomic E-state index is 0.612. The molecule has 1 atom stereocenters. The van der Waals surface area contributed by atoms with E-state index in [4.69, 9.17) is 5.73 Å². The molecule has 0 saturated carbocycles. The summed E-state index contributed by atoms with van der Waals surface area (Å²) in [5.74, 6) is 1.28. The van der Waals surface area contributed by atoms with Gasteiger partial charge in [-0.25, -0.2) is 0 Å². The zero-order chi connectivity index (χ0) is 12.0. The first-order chi connectivity index (χ1) is 7.69. The number of aryl methyl sites for hydroxylation is 1. The molecule has 16 heavy (non-hydrogen) atoms. The van der Waals surface area contributed by atoms with Crippen LogP contribution in [0.4, 0.5) is 0 Å². The molecule has 0 radical (unpaired) electrons. The van der Waals surface area contributed by atoms with Crippen molar-refractivity contribution in [2.24, 2.45) is 11.7 Å². The van der Waals surface area contributed by atoms with Crippen LogP contribution < -0.4 is 5.73 Å². The summed E-state index contributed by atoms with van der Waals surface area (Å²) < 4.78 is 0. The van der Waals surface area contributed by atoms with Crippen LogP contribution >= 0.6 is 0 Å². The molecule has 0 amide bonds. The van der Waals surface area contributed by atoms with Gasteiger partial charge in [0, 0.05) is 0 Å². The van der Waals surface area contributed by atoms with Crippen LogP contribution in [0.15, 0.2) is 24.3 Å². The lowest BCUT2D eigenvalue weighted by Crippen LogP contribution is -2.12. The standard InChI is InChI=1S/C15H25N/c1-4-5-13-6-8-14(9-7-13)15(10-11-16)12(2)3/h6-9,12,15H,4-5,10-11,16H2,1-3H3. The maximum atomic E-state index is 5.68. The molecule has 0 aliphatic heterocycles. The van der Waals surface area contributed by atoms with Crippen molar-refractivity contribution in [2.75, 3.05) is 6.54 Å². The van der Waals surface area contributed by atoms with E-state index in [2.05, 4.69) is 45.0 Å². The number of rotatable bonds is 6. The van der Waals surface area contributed by atoms with Crippen LogP contribution in [0.1, 0.15) is 50.7 Å². The Bertz CT molecular complexity index is 287. The third-order valence-electron chi connectivity index (χ3n) is 3.23. The topological polar surface area (TPSA) is 26.0 Å². The smallest absolute Gasteiger partial charge is 0.00713 e. The van der Waals surface area contributed by atoms with Crippen LogP contribution in [0.5, 0.6) is 0 Å². The van der Waals surface area contributed by atoms with Gasteiger partial charge in [-0.2, -0.15) is 0 Å². The Balaban J connectivity index is 2.77. The highest BCUT2D eigenvalue weighted by Crippen LogP contribution is 2.27. The van der Waals surface area contributed by atoms with Gasteiger partial charge < -0.3 is 5.73 Å². The van der Waals surface area contributed by atoms with Crippen molar-refractivity contribution in [2.45, 2.75) is 46.0 Å². The molecule has 0 aliphatic rings. The second-order valence-corrected chi connectivity index (χ2v) is 4.92. The molecule has 1 rings (SSSR count). The van der Waals surface area contributed by atoms with Gasteiger partial charge in [-0.15, -0.1) is 0 Å². The number of hydrogen-bond acceptors (Lipinski definition) is 1. The van der Waals surface area contributed by atoms with Crippen molar-refractivity contribution in [3.05, 3.63) is 35.4 Å². The van der Waals surface area contributed by atoms with E-state index >= 15 is 0 Å². The molecule has 1 aromatic carbocycles. The molecule has 0 heterocycles. The SMILES string of the molecule is CCCc1ccc(C(CCN)C(C)C)cc1. The molecule has 0 aromatic heterocycles. The Hall–Kier alpha value is -0.820. The average molecular weight is 219 g/mol. The molecule has 0 aliphatic carbocycles. The van der Waals surface area contributed by atoms with Crippen LogP contribution in [0.2, 0.25) is 0 Å². The second kappa shape index (κ2) is 6.70. The van der Waals surface area contributed by atoms with E-state index in [1.165, 1.54) is 24.0 Å². The molecule has 0 saturated heterocycles. The lowest BCUT2D eigenvalue weighted by Gasteiger charge is -2.20. The molecule has 2 N–H and O–H groups in total. The van der Waals surface area contributed by atoms with Crippen LogP contribution in [-0.2, 0) is 6.42 Å². The Morgan fingerprint density at radius 3 is 2.19 bits per heavy atom. The summed E-state index contributed by atoms with van der Waals surface area (Å²) in [6.07, 6.45) is 3.49. The van der Waals surface area contributed by atoms with E-state index in [9.17, 15) is 0 Å². The molecule has 90 valence electrons. The highest BCUT2D eigenvalue weighted by atomic mass is 14.5. The second-order valence-electron chi connectivity index (χ2n) is 4.92. The van der Waals surface area contributed by atoms with Gasteiger partial charge in [0.15, 0.2) is 0 Å². The summed E-state index contributed by atoms with van der Waals surface area (Å²) in [5.41, 5.74) is 8.57. The van der Waals surface area contributed by atoms with Gasteiger partial charge in [0.1, 0.15) is 0 Å². The van der Waals surface area contributed by atoms with Gasteiger partial charge in [0.25, 0.3) is 0 Å². The Labute approximate surface area is 100 Å². The maximum absolute atomic E-state index is 5.68. The summed E-state index contributed by atoms with van der Waals surface area (Å²) in [4.78, 5) is 0. The quantitative estimate of drug-likeness (QED) is 0.775. The molecule has 1 aromatic rings. The van der Waals surface area contributed by atoms with E-state index in [-0.39, 0.29) is 0 Å². The fourth-order valence-corrected chi connectivity index (χ4v) is 2.28. The molecule has 0 fully saturated rings. The summed E-state index contributed by atoms with van der Waals surface area (Å²) >= 11 is 0. The van der Waals surface area contributed by atoms with Crippen molar-refractivity contribution in [1.82, 2.24) is 0 Å². The van der Waals surface area contributed by atoms with Crippen LogP contribution in [0, 0.1) is 5.92 Å². The highest BCUT2D eigenvalue weighted by Gasteiger charge is 2.14. The molecule has 1 heteroatoms. The van der Waals surface area contributed by atoms with Crippen molar-refractivity contribution in [1.29, 1.82) is 0 Å². The summed E-state index contributed by atoms with van der Waals surface area (Å²) in [7, 11) is 0. The van der Waals surface area contributed by atoms with Crippen LogP contribution in [0.3, 0.4) is 0 Å². The van der Waals surface area contributed by atoms with Crippen molar-refractivity contribution >= 4 is 0 Å². The first kappa shape index (κ1) is 13.2. The zero-order valence-corrected chi connectivity index (χ0v) is 10.9. The number of nitrogens with two attached hydrogens (primary N) is 1. The number of hydrogen-bond donors (Lipinski definition) is 1. The Morgan fingerprint density at radius 1 is 1.12 bits per heavy atom. The normalized spacial score (nSPS) is 13.1. The van der Waals surface area contributed by atoms with E-state index in [0.29, 0.717) is 11.8 Å². The van der Waals surface area contributed by atoms with Gasteiger partial charge in [0.2, 0.25) is 0 Å². The van der Waals surface area contributed by atoms with E-state index < -0.39 is 0 Å². The van der Waals surface area contributed by atoms with Crippen molar-refractivity contribution in [3.63, 3.8) is 0 Å². The molecule has 0 bridgehead atoms. The molecule has 1 nitrogen and oxygen atoms in total. The summed E-state index contributed by atoms with van der Waals surface area (Å²) in [6, 6.07) is 9.10. The minimum Gasteiger partial charge on any atom is -0.330 e. The molecular weight excluding hydrogens is 194 g/mol. The summed E-state index contributed by atoms with van der Waals surface area (Å²) in [5, 5.41) is 0. The fraction of sp³-hybridized carbons (Fsp3) is 0.600. The lowest BCUT2D eigenvalue weighted by molar-refractivity contribution is 0.473. The van der Waals surface area contributed by atoms with Crippen molar-refractivity contribution < 1.29 is 0 Å². The van der Waals surface area contributed by atoms with Gasteiger partial charge in [0.05, 0.1) is 0 Å². The van der Waals surface area contributed by atoms with Crippen LogP contribution in [0.25, 0.3) is 0 Å². The lowest BCUT2D eigenvalue weighted by atomic mass is 9.85. The van der Waals surface area contributed by atoms with Gasteiger partial charge in [-0.05, 0) is 42.3 Å². The molecular formula is C15H25N. The third-order valence-corrected chi connectivity index (χ3v) is 3.23. The Morgan fingerprint density at radius 2 is 1.75 bits per heavy atom. The van der Waals surface area contributed by atoms with Gasteiger partial charge in [-0.3, -0.25) is 0 Å². The van der Waals surface area contributed by atoms with Crippen LogP contribution in [-0.4, -0.2) is 6.54 Å². The first-order valence-electron chi connectivity index (χ1n) is 6.48. The predicted molar refractivity (Wildman–Crippen MR) is 71.7 cm³/mol. The largest absolute Gasteiger partial charge is 0.330 e. The van der Waals surface area contributed by atoms with Crippen molar-refractivity contribution in [3.8, 4) is 0 Å². The third kappa shape index (κ3) is 3.64. The van der Waals surface area contributed by atoms with Gasteiger partial charge >= 0.3 is 0 Å². The summed E-state index contributed by atoms with van der Waals surface area (Å²) in [6.45, 7) is 7.55. The molecule has 1 unspecified atom stereocenters.